The number of carbonyl (C=O) groups excluding carboxylic acids is 1. The Morgan fingerprint density at radius 1 is 1.41 bits per heavy atom. The van der Waals surface area contributed by atoms with Gasteiger partial charge in [0.05, 0.1) is 28.7 Å². The number of rotatable bonds is 6. The van der Waals surface area contributed by atoms with Crippen LogP contribution in [0.1, 0.15) is 49.1 Å². The van der Waals surface area contributed by atoms with Crippen molar-refractivity contribution < 1.29 is 14.3 Å². The molecule has 0 radical (unpaired) electrons. The summed E-state index contributed by atoms with van der Waals surface area (Å²) in [4.78, 5) is 19.5. The average molecular weight is 450 g/mol. The average Bonchev–Trinajstić information content (AvgIpc) is 3.09. The number of nitrogens with zero attached hydrogens (tertiary/aromatic N) is 2. The molecule has 1 unspecified atom stereocenters. The second-order valence-corrected chi connectivity index (χ2v) is 10.6. The number of carbonyl (C=O) groups is 1. The minimum atomic E-state index is -0.713. The molecule has 5 rings (SSSR count). The van der Waals surface area contributed by atoms with Gasteiger partial charge in [0.25, 0.3) is 5.91 Å². The molecule has 1 aliphatic heterocycles. The van der Waals surface area contributed by atoms with Crippen LogP contribution in [0.4, 0.5) is 5.69 Å². The number of aryl methyl sites for hydroxylation is 1. The summed E-state index contributed by atoms with van der Waals surface area (Å²) in [7, 11) is 0. The summed E-state index contributed by atoms with van der Waals surface area (Å²) in [6, 6.07) is 6.10. The fourth-order valence-corrected chi connectivity index (χ4v) is 4.97. The van der Waals surface area contributed by atoms with Gasteiger partial charge in [0, 0.05) is 34.9 Å². The molecule has 0 bridgehead atoms. The second kappa shape index (κ2) is 7.32. The Labute approximate surface area is 190 Å². The molecule has 0 saturated heterocycles. The van der Waals surface area contributed by atoms with Gasteiger partial charge in [-0.1, -0.05) is 0 Å². The van der Waals surface area contributed by atoms with Crippen LogP contribution in [0.5, 0.6) is 0 Å². The predicted molar refractivity (Wildman–Crippen MR) is 127 cm³/mol. The fraction of sp³-hybridized carbons (Fsp3) is 0.360. The number of fused-ring (bicyclic) bond motifs is 2. The fourth-order valence-electron chi connectivity index (χ4n) is 4.37. The van der Waals surface area contributed by atoms with Crippen LogP contribution in [0.3, 0.4) is 0 Å². The van der Waals surface area contributed by atoms with Crippen LogP contribution in [-0.2, 0) is 0 Å². The molecule has 1 aliphatic carbocycles. The first-order valence-electron chi connectivity index (χ1n) is 10.8. The Morgan fingerprint density at radius 2 is 2.22 bits per heavy atom. The zero-order valence-electron chi connectivity index (χ0n) is 18.7. The molecule has 1 amide bonds. The Hall–Kier alpha value is -2.90. The first kappa shape index (κ1) is 21.0. The maximum Gasteiger partial charge on any atom is 0.275 e. The maximum atomic E-state index is 12.9. The number of aliphatic hydroxyl groups is 1. The highest BCUT2D eigenvalue weighted by molar-refractivity contribution is 7.09. The van der Waals surface area contributed by atoms with E-state index in [0.717, 1.165) is 40.0 Å². The quantitative estimate of drug-likeness (QED) is 0.602. The van der Waals surface area contributed by atoms with Crippen molar-refractivity contribution in [3.05, 3.63) is 57.2 Å². The van der Waals surface area contributed by atoms with Gasteiger partial charge < -0.3 is 19.7 Å². The smallest absolute Gasteiger partial charge is 0.275 e. The molecular formula is C25H27N3O3S. The van der Waals surface area contributed by atoms with Gasteiger partial charge in [-0.05, 0) is 74.7 Å². The molecule has 166 valence electrons. The molecule has 7 heteroatoms. The van der Waals surface area contributed by atoms with Gasteiger partial charge >= 0.3 is 0 Å². The molecule has 3 aromatic rings. The summed E-state index contributed by atoms with van der Waals surface area (Å²) in [6.45, 7) is 8.60. The zero-order valence-corrected chi connectivity index (χ0v) is 19.5. The van der Waals surface area contributed by atoms with E-state index in [-0.39, 0.29) is 11.4 Å². The largest absolute Gasteiger partial charge is 0.472 e. The van der Waals surface area contributed by atoms with Crippen LogP contribution in [0.15, 0.2) is 40.5 Å². The first-order chi connectivity index (χ1) is 15.1. The third-order valence-electron chi connectivity index (χ3n) is 6.39. The Balaban J connectivity index is 1.58. The highest BCUT2D eigenvalue weighted by atomic mass is 32.1. The lowest BCUT2D eigenvalue weighted by atomic mass is 10.00. The van der Waals surface area contributed by atoms with Crippen molar-refractivity contribution in [2.45, 2.75) is 51.7 Å². The van der Waals surface area contributed by atoms with Crippen molar-refractivity contribution in [1.29, 1.82) is 0 Å². The van der Waals surface area contributed by atoms with Crippen molar-refractivity contribution in [2.75, 3.05) is 11.9 Å². The number of anilines is 1. The Bertz CT molecular complexity index is 1320. The highest BCUT2D eigenvalue weighted by Gasteiger charge is 2.50. The van der Waals surface area contributed by atoms with E-state index in [2.05, 4.69) is 34.4 Å². The van der Waals surface area contributed by atoms with Crippen molar-refractivity contribution >= 4 is 34.7 Å². The monoisotopic (exact) mass is 449 g/mol. The topological polar surface area (TPSA) is 78.6 Å². The van der Waals surface area contributed by atoms with Gasteiger partial charge in [0.15, 0.2) is 0 Å². The van der Waals surface area contributed by atoms with Crippen LogP contribution in [-0.4, -0.2) is 38.6 Å². The SMILES string of the molecule is Cc1nc(C(=O)Nc2cc3c(cc2-c2ccoc2)=C2CC2(C)N(CCC(C)(C)O)C=3)cs1. The molecule has 2 aliphatic rings. The summed E-state index contributed by atoms with van der Waals surface area (Å²) in [5.74, 6) is -0.224. The molecule has 32 heavy (non-hydrogen) atoms. The molecule has 1 fully saturated rings. The maximum absolute atomic E-state index is 12.9. The normalized spacial score (nSPS) is 19.3. The standard InChI is InChI=1S/C25H27N3O3S/c1-15-26-22(14-32-15)23(29)27-21-9-17-12-28(7-6-24(2,3)30)25(4)11-20(25)18(17)10-19(21)16-5-8-31-13-16/h5,8-10,12-14,30H,6-7,11H2,1-4H3,(H,27,29). The molecule has 3 heterocycles. The number of amides is 1. The molecule has 2 aromatic heterocycles. The molecule has 2 N–H and O–H groups in total. The summed E-state index contributed by atoms with van der Waals surface area (Å²) in [5, 5.41) is 18.2. The van der Waals surface area contributed by atoms with E-state index in [4.69, 9.17) is 4.42 Å². The van der Waals surface area contributed by atoms with Gasteiger partial charge in [-0.25, -0.2) is 4.98 Å². The van der Waals surface area contributed by atoms with E-state index < -0.39 is 5.60 Å². The lowest BCUT2D eigenvalue weighted by Gasteiger charge is -2.32. The number of aromatic nitrogens is 1. The number of nitrogens with one attached hydrogen (secondary N) is 1. The van der Waals surface area contributed by atoms with Crippen molar-refractivity contribution in [3.8, 4) is 11.1 Å². The van der Waals surface area contributed by atoms with E-state index in [1.165, 1.54) is 22.1 Å². The Morgan fingerprint density at radius 3 is 2.88 bits per heavy atom. The van der Waals surface area contributed by atoms with E-state index >= 15 is 0 Å². The van der Waals surface area contributed by atoms with Gasteiger partial charge in [0.1, 0.15) is 5.69 Å². The molecule has 1 atom stereocenters. The lowest BCUT2D eigenvalue weighted by Crippen LogP contribution is -2.43. The molecular weight excluding hydrogens is 422 g/mol. The summed E-state index contributed by atoms with van der Waals surface area (Å²) in [6.07, 6.45) is 7.18. The first-order valence-corrected chi connectivity index (χ1v) is 11.7. The Kier molecular flexibility index (Phi) is 4.80. The van der Waals surface area contributed by atoms with Gasteiger partial charge in [0.2, 0.25) is 0 Å². The van der Waals surface area contributed by atoms with E-state index in [9.17, 15) is 9.90 Å². The van der Waals surface area contributed by atoms with Crippen LogP contribution < -0.4 is 15.8 Å². The minimum Gasteiger partial charge on any atom is -0.472 e. The third-order valence-corrected chi connectivity index (χ3v) is 7.16. The predicted octanol–water partition coefficient (Wildman–Crippen LogP) is 3.49. The molecule has 1 saturated carbocycles. The molecule has 1 aromatic carbocycles. The van der Waals surface area contributed by atoms with Crippen LogP contribution in [0.2, 0.25) is 0 Å². The van der Waals surface area contributed by atoms with Crippen molar-refractivity contribution in [2.24, 2.45) is 0 Å². The summed E-state index contributed by atoms with van der Waals surface area (Å²) >= 11 is 1.46. The van der Waals surface area contributed by atoms with Crippen molar-refractivity contribution in [3.63, 3.8) is 0 Å². The number of benzene rings is 1. The van der Waals surface area contributed by atoms with E-state index in [1.54, 1.807) is 17.9 Å². The highest BCUT2D eigenvalue weighted by Crippen LogP contribution is 2.49. The molecule has 0 spiro atoms. The summed E-state index contributed by atoms with van der Waals surface area (Å²) in [5.41, 5.74) is 3.67. The number of hydrogen-bond acceptors (Lipinski definition) is 6. The van der Waals surface area contributed by atoms with E-state index in [1.807, 2.05) is 32.9 Å². The van der Waals surface area contributed by atoms with E-state index in [0.29, 0.717) is 12.1 Å². The second-order valence-electron chi connectivity index (χ2n) is 9.52. The van der Waals surface area contributed by atoms with Crippen LogP contribution >= 0.6 is 11.3 Å². The number of hydrogen-bond donors (Lipinski definition) is 2. The molecule has 6 nitrogen and oxygen atoms in total. The number of furan rings is 1. The lowest BCUT2D eigenvalue weighted by molar-refractivity contribution is 0.0611. The third kappa shape index (κ3) is 3.76. The van der Waals surface area contributed by atoms with Crippen LogP contribution in [0, 0.1) is 6.92 Å². The number of thiazole rings is 1. The van der Waals surface area contributed by atoms with Crippen LogP contribution in [0.25, 0.3) is 22.9 Å². The van der Waals surface area contributed by atoms with Gasteiger partial charge in [-0.2, -0.15) is 0 Å². The minimum absolute atomic E-state index is 0.00515. The van der Waals surface area contributed by atoms with Gasteiger partial charge in [-0.15, -0.1) is 11.3 Å². The van der Waals surface area contributed by atoms with Crippen molar-refractivity contribution in [1.82, 2.24) is 9.88 Å². The zero-order chi connectivity index (χ0) is 22.7. The van der Waals surface area contributed by atoms with Gasteiger partial charge in [-0.3, -0.25) is 4.79 Å². The summed E-state index contributed by atoms with van der Waals surface area (Å²) < 4.78 is 5.33.